The molecule has 0 saturated carbocycles. The predicted molar refractivity (Wildman–Crippen MR) is 119 cm³/mol. The van der Waals surface area contributed by atoms with E-state index in [1.807, 2.05) is 57.2 Å². The Morgan fingerprint density at radius 1 is 1.07 bits per heavy atom. The summed E-state index contributed by atoms with van der Waals surface area (Å²) >= 11 is 4.37. The zero-order valence-electron chi connectivity index (χ0n) is 16.5. The number of rotatable bonds is 7. The van der Waals surface area contributed by atoms with E-state index in [0.717, 1.165) is 38.7 Å². The number of thioether (sulfide) groups is 1. The lowest BCUT2D eigenvalue weighted by molar-refractivity contribution is -0.123. The van der Waals surface area contributed by atoms with E-state index in [9.17, 15) is 9.59 Å². The maximum atomic E-state index is 12.7. The summed E-state index contributed by atoms with van der Waals surface area (Å²) in [4.78, 5) is 26.7. The van der Waals surface area contributed by atoms with Crippen LogP contribution < -0.4 is 9.47 Å². The van der Waals surface area contributed by atoms with Crippen LogP contribution in [0.3, 0.4) is 0 Å². The molecule has 1 fully saturated rings. The van der Waals surface area contributed by atoms with Gasteiger partial charge in [-0.2, -0.15) is 0 Å². The molecule has 1 heterocycles. The van der Waals surface area contributed by atoms with Crippen molar-refractivity contribution in [3.05, 3.63) is 62.5 Å². The molecule has 7 heteroatoms. The van der Waals surface area contributed by atoms with Crippen LogP contribution in [0.15, 0.2) is 45.8 Å². The SMILES string of the molecule is CCOc1ccc(Br)cc1/C=C1\SC(=O)N(CCOc2cc(C)ccc2C)C1=O. The molecule has 1 aliphatic heterocycles. The third kappa shape index (κ3) is 5.22. The minimum Gasteiger partial charge on any atom is -0.493 e. The van der Waals surface area contributed by atoms with Crippen LogP contribution in [-0.4, -0.2) is 35.8 Å². The molecule has 0 aromatic heterocycles. The number of imide groups is 1. The Bertz CT molecular complexity index is 973. The molecule has 0 radical (unpaired) electrons. The summed E-state index contributed by atoms with van der Waals surface area (Å²) in [5.41, 5.74) is 2.86. The highest BCUT2D eigenvalue weighted by Crippen LogP contribution is 2.34. The van der Waals surface area contributed by atoms with Gasteiger partial charge < -0.3 is 9.47 Å². The number of ether oxygens (including phenoxy) is 2. The zero-order valence-corrected chi connectivity index (χ0v) is 18.9. The highest BCUT2D eigenvalue weighted by atomic mass is 79.9. The number of hydrogen-bond acceptors (Lipinski definition) is 5. The van der Waals surface area contributed by atoms with Crippen LogP contribution in [0, 0.1) is 13.8 Å². The van der Waals surface area contributed by atoms with E-state index in [1.165, 1.54) is 4.90 Å². The van der Waals surface area contributed by atoms with Crippen molar-refractivity contribution in [2.45, 2.75) is 20.8 Å². The lowest BCUT2D eigenvalue weighted by atomic mass is 10.1. The first-order valence-corrected chi connectivity index (χ1v) is 10.9. The maximum Gasteiger partial charge on any atom is 0.293 e. The third-order valence-electron chi connectivity index (χ3n) is 4.35. The van der Waals surface area contributed by atoms with Crippen LogP contribution in [0.2, 0.25) is 0 Å². The second-order valence-corrected chi connectivity index (χ2v) is 8.47. The van der Waals surface area contributed by atoms with Crippen LogP contribution in [0.25, 0.3) is 6.08 Å². The van der Waals surface area contributed by atoms with Crippen LogP contribution in [0.5, 0.6) is 11.5 Å². The summed E-state index contributed by atoms with van der Waals surface area (Å²) in [6.45, 7) is 6.82. The molecule has 29 heavy (non-hydrogen) atoms. The monoisotopic (exact) mass is 475 g/mol. The van der Waals surface area contributed by atoms with Crippen LogP contribution in [0.1, 0.15) is 23.6 Å². The third-order valence-corrected chi connectivity index (χ3v) is 5.75. The smallest absolute Gasteiger partial charge is 0.293 e. The maximum absolute atomic E-state index is 12.7. The van der Waals surface area contributed by atoms with Crippen molar-refractivity contribution in [2.75, 3.05) is 19.8 Å². The fourth-order valence-corrected chi connectivity index (χ4v) is 4.10. The molecule has 0 bridgehead atoms. The van der Waals surface area contributed by atoms with E-state index in [4.69, 9.17) is 9.47 Å². The number of aryl methyl sites for hydroxylation is 2. The Kier molecular flexibility index (Phi) is 7.03. The zero-order chi connectivity index (χ0) is 21.0. The van der Waals surface area contributed by atoms with Gasteiger partial charge in [-0.25, -0.2) is 0 Å². The molecule has 1 aliphatic rings. The number of benzene rings is 2. The van der Waals surface area contributed by atoms with Crippen LogP contribution in [0.4, 0.5) is 4.79 Å². The predicted octanol–water partition coefficient (Wildman–Crippen LogP) is 5.58. The minimum absolute atomic E-state index is 0.201. The summed E-state index contributed by atoms with van der Waals surface area (Å²) in [5.74, 6) is 1.12. The van der Waals surface area contributed by atoms with Gasteiger partial charge in [-0.05, 0) is 74.0 Å². The topological polar surface area (TPSA) is 55.8 Å². The second kappa shape index (κ2) is 9.50. The van der Waals surface area contributed by atoms with Crippen LogP contribution >= 0.6 is 27.7 Å². The molecule has 1 saturated heterocycles. The number of carbonyl (C=O) groups is 2. The normalized spacial score (nSPS) is 15.3. The molecule has 2 amide bonds. The van der Waals surface area contributed by atoms with E-state index in [2.05, 4.69) is 15.9 Å². The average molecular weight is 476 g/mol. The van der Waals surface area contributed by atoms with E-state index in [-0.39, 0.29) is 24.3 Å². The molecule has 0 aliphatic carbocycles. The number of hydrogen-bond donors (Lipinski definition) is 0. The van der Waals surface area contributed by atoms with Crippen molar-refractivity contribution < 1.29 is 19.1 Å². The first-order valence-electron chi connectivity index (χ1n) is 9.27. The van der Waals surface area contributed by atoms with Gasteiger partial charge in [-0.3, -0.25) is 14.5 Å². The number of nitrogens with zero attached hydrogens (tertiary/aromatic N) is 1. The average Bonchev–Trinajstić information content (AvgIpc) is 2.94. The van der Waals surface area contributed by atoms with Crippen molar-refractivity contribution in [3.63, 3.8) is 0 Å². The van der Waals surface area contributed by atoms with Crippen molar-refractivity contribution in [1.82, 2.24) is 4.90 Å². The molecule has 0 spiro atoms. The summed E-state index contributed by atoms with van der Waals surface area (Å²) in [6, 6.07) is 11.5. The molecule has 5 nitrogen and oxygen atoms in total. The van der Waals surface area contributed by atoms with Gasteiger partial charge in [-0.1, -0.05) is 28.1 Å². The van der Waals surface area contributed by atoms with Gasteiger partial charge in [-0.15, -0.1) is 0 Å². The van der Waals surface area contributed by atoms with Gasteiger partial charge in [0.2, 0.25) is 0 Å². The first-order chi connectivity index (χ1) is 13.9. The molecule has 3 rings (SSSR count). The number of halogens is 1. The Hall–Kier alpha value is -2.25. The Labute approximate surface area is 183 Å². The number of amides is 2. The van der Waals surface area contributed by atoms with E-state index in [1.54, 1.807) is 6.08 Å². The molecular weight excluding hydrogens is 454 g/mol. The van der Waals surface area contributed by atoms with E-state index >= 15 is 0 Å². The van der Waals surface area contributed by atoms with Gasteiger partial charge in [0.1, 0.15) is 18.1 Å². The lowest BCUT2D eigenvalue weighted by Crippen LogP contribution is -2.32. The van der Waals surface area contributed by atoms with Crippen molar-refractivity contribution in [3.8, 4) is 11.5 Å². The standard InChI is InChI=1S/C22H22BrNO4S/c1-4-27-18-8-7-17(23)12-16(18)13-20-21(25)24(22(26)29-20)9-10-28-19-11-14(2)5-6-15(19)3/h5-8,11-13H,4,9-10H2,1-3H3/b20-13-. The minimum atomic E-state index is -0.313. The van der Waals surface area contributed by atoms with Gasteiger partial charge >= 0.3 is 0 Å². The fourth-order valence-electron chi connectivity index (χ4n) is 2.86. The first kappa shape index (κ1) is 21.5. The molecule has 0 atom stereocenters. The lowest BCUT2D eigenvalue weighted by Gasteiger charge is -2.14. The summed E-state index contributed by atoms with van der Waals surface area (Å²) in [7, 11) is 0. The summed E-state index contributed by atoms with van der Waals surface area (Å²) < 4.78 is 12.3. The molecule has 152 valence electrons. The molecule has 2 aromatic carbocycles. The molecule has 0 N–H and O–H groups in total. The Morgan fingerprint density at radius 3 is 2.62 bits per heavy atom. The van der Waals surface area contributed by atoms with Gasteiger partial charge in [0.25, 0.3) is 11.1 Å². The molecule has 0 unspecified atom stereocenters. The Balaban J connectivity index is 1.70. The largest absolute Gasteiger partial charge is 0.493 e. The van der Waals surface area contributed by atoms with Crippen molar-refractivity contribution in [1.29, 1.82) is 0 Å². The highest BCUT2D eigenvalue weighted by Gasteiger charge is 2.35. The van der Waals surface area contributed by atoms with E-state index < -0.39 is 0 Å². The fraction of sp³-hybridized carbons (Fsp3) is 0.273. The van der Waals surface area contributed by atoms with Gasteiger partial charge in [0.15, 0.2) is 0 Å². The number of carbonyl (C=O) groups excluding carboxylic acids is 2. The van der Waals surface area contributed by atoms with Gasteiger partial charge in [0, 0.05) is 10.0 Å². The van der Waals surface area contributed by atoms with Gasteiger partial charge in [0.05, 0.1) is 18.1 Å². The molecule has 2 aromatic rings. The Morgan fingerprint density at radius 2 is 1.86 bits per heavy atom. The summed E-state index contributed by atoms with van der Waals surface area (Å²) in [5, 5.41) is -0.293. The van der Waals surface area contributed by atoms with Crippen molar-refractivity contribution in [2.24, 2.45) is 0 Å². The van der Waals surface area contributed by atoms with Crippen molar-refractivity contribution >= 4 is 44.9 Å². The molecular formula is C22H22BrNO4S. The van der Waals surface area contributed by atoms with E-state index in [0.29, 0.717) is 17.3 Å². The highest BCUT2D eigenvalue weighted by molar-refractivity contribution is 9.10. The second-order valence-electron chi connectivity index (χ2n) is 6.57. The summed E-state index contributed by atoms with van der Waals surface area (Å²) in [6.07, 6.45) is 1.70. The van der Waals surface area contributed by atoms with Crippen LogP contribution in [-0.2, 0) is 4.79 Å². The quantitative estimate of drug-likeness (QED) is 0.489.